The summed E-state index contributed by atoms with van der Waals surface area (Å²) in [4.78, 5) is 0. The minimum absolute atomic E-state index is 0.214. The van der Waals surface area contributed by atoms with E-state index in [0.717, 1.165) is 18.5 Å². The van der Waals surface area contributed by atoms with Crippen molar-refractivity contribution < 1.29 is 9.84 Å². The highest BCUT2D eigenvalue weighted by atomic mass is 16.5. The molecule has 2 atom stereocenters. The summed E-state index contributed by atoms with van der Waals surface area (Å²) < 4.78 is 7.28. The molecule has 1 fully saturated rings. The molecule has 2 rings (SSSR count). The van der Waals surface area contributed by atoms with Gasteiger partial charge in [0, 0.05) is 19.7 Å². The van der Waals surface area contributed by atoms with Crippen molar-refractivity contribution in [1.82, 2.24) is 9.78 Å². The van der Waals surface area contributed by atoms with E-state index < -0.39 is 0 Å². The normalized spacial score (nSPS) is 19.7. The topological polar surface area (TPSA) is 47.3 Å². The quantitative estimate of drug-likeness (QED) is 0.825. The molecule has 0 saturated heterocycles. The van der Waals surface area contributed by atoms with Crippen LogP contribution in [0.2, 0.25) is 0 Å². The number of ether oxygens (including phenoxy) is 1. The van der Waals surface area contributed by atoms with Crippen molar-refractivity contribution in [3.63, 3.8) is 0 Å². The molecular formula is C15H26N2O2. The number of hydrogen-bond donors (Lipinski definition) is 1. The van der Waals surface area contributed by atoms with Crippen molar-refractivity contribution in [3.8, 4) is 0 Å². The number of rotatable bonds is 7. The smallest absolute Gasteiger partial charge is 0.0650 e. The van der Waals surface area contributed by atoms with Crippen molar-refractivity contribution in [2.45, 2.75) is 70.1 Å². The van der Waals surface area contributed by atoms with Crippen LogP contribution in [-0.4, -0.2) is 34.2 Å². The van der Waals surface area contributed by atoms with Crippen LogP contribution in [0.25, 0.3) is 0 Å². The number of aliphatic hydroxyl groups is 1. The minimum atomic E-state index is -0.315. The first-order valence-electron chi connectivity index (χ1n) is 7.44. The molecule has 1 aliphatic carbocycles. The van der Waals surface area contributed by atoms with Crippen LogP contribution in [0, 0.1) is 0 Å². The molecule has 1 aromatic rings. The molecule has 1 aliphatic rings. The van der Waals surface area contributed by atoms with Gasteiger partial charge < -0.3 is 9.84 Å². The molecular weight excluding hydrogens is 240 g/mol. The van der Waals surface area contributed by atoms with Crippen molar-refractivity contribution >= 4 is 0 Å². The van der Waals surface area contributed by atoms with Gasteiger partial charge in [-0.15, -0.1) is 0 Å². The van der Waals surface area contributed by atoms with E-state index in [0.29, 0.717) is 12.5 Å². The van der Waals surface area contributed by atoms with Crippen molar-refractivity contribution in [1.29, 1.82) is 0 Å². The average Bonchev–Trinajstić information content (AvgIpc) is 3.06. The third-order valence-corrected chi connectivity index (χ3v) is 4.12. The fourth-order valence-corrected chi connectivity index (χ4v) is 2.75. The Morgan fingerprint density at radius 2 is 2.16 bits per heavy atom. The van der Waals surface area contributed by atoms with Crippen LogP contribution in [0.3, 0.4) is 0 Å². The van der Waals surface area contributed by atoms with Gasteiger partial charge in [-0.2, -0.15) is 5.10 Å². The Balaban J connectivity index is 1.78. The van der Waals surface area contributed by atoms with Gasteiger partial charge in [0.15, 0.2) is 0 Å². The van der Waals surface area contributed by atoms with Gasteiger partial charge in [0.2, 0.25) is 0 Å². The van der Waals surface area contributed by atoms with Gasteiger partial charge in [0.25, 0.3) is 0 Å². The molecule has 19 heavy (non-hydrogen) atoms. The Labute approximate surface area is 115 Å². The first-order valence-corrected chi connectivity index (χ1v) is 7.44. The molecule has 0 aliphatic heterocycles. The predicted octanol–water partition coefficient (Wildman–Crippen LogP) is 2.72. The zero-order chi connectivity index (χ0) is 13.7. The fraction of sp³-hybridized carbons (Fsp3) is 0.800. The van der Waals surface area contributed by atoms with Gasteiger partial charge >= 0.3 is 0 Å². The molecule has 0 spiro atoms. The molecule has 0 amide bonds. The highest BCUT2D eigenvalue weighted by Gasteiger charge is 2.18. The van der Waals surface area contributed by atoms with Gasteiger partial charge in [0.1, 0.15) is 0 Å². The lowest BCUT2D eigenvalue weighted by molar-refractivity contribution is 0.0848. The highest BCUT2D eigenvalue weighted by Crippen LogP contribution is 2.28. The van der Waals surface area contributed by atoms with E-state index in [1.165, 1.54) is 25.7 Å². The van der Waals surface area contributed by atoms with Gasteiger partial charge in [-0.25, -0.2) is 0 Å². The maximum Gasteiger partial charge on any atom is 0.0650 e. The van der Waals surface area contributed by atoms with Gasteiger partial charge in [-0.3, -0.25) is 4.68 Å². The Bertz CT molecular complexity index is 372. The molecule has 1 heterocycles. The molecule has 0 radical (unpaired) electrons. The number of aromatic nitrogens is 2. The van der Waals surface area contributed by atoms with E-state index in [2.05, 4.69) is 16.0 Å². The Morgan fingerprint density at radius 3 is 2.84 bits per heavy atom. The van der Waals surface area contributed by atoms with Crippen molar-refractivity contribution in [3.05, 3.63) is 18.0 Å². The number of aliphatic hydroxyl groups excluding tert-OH is 1. The van der Waals surface area contributed by atoms with E-state index in [1.807, 2.05) is 13.0 Å². The highest BCUT2D eigenvalue weighted by molar-refractivity contribution is 5.01. The third-order valence-electron chi connectivity index (χ3n) is 4.12. The summed E-state index contributed by atoms with van der Waals surface area (Å²) in [5.41, 5.74) is 1.00. The van der Waals surface area contributed by atoms with E-state index in [-0.39, 0.29) is 12.2 Å². The summed E-state index contributed by atoms with van der Waals surface area (Å²) in [6, 6.07) is 2.63. The van der Waals surface area contributed by atoms with E-state index >= 15 is 0 Å². The molecule has 1 aromatic heterocycles. The van der Waals surface area contributed by atoms with Crippen molar-refractivity contribution in [2.24, 2.45) is 0 Å². The number of nitrogens with zero attached hydrogens (tertiary/aromatic N) is 2. The van der Waals surface area contributed by atoms with Crippen LogP contribution in [0.15, 0.2) is 12.3 Å². The maximum absolute atomic E-state index is 10.0. The molecule has 4 nitrogen and oxygen atoms in total. The lowest BCUT2D eigenvalue weighted by Crippen LogP contribution is -2.15. The van der Waals surface area contributed by atoms with Crippen molar-refractivity contribution in [2.75, 3.05) is 7.11 Å². The molecule has 4 heteroatoms. The Kier molecular flexibility index (Phi) is 5.40. The van der Waals surface area contributed by atoms with E-state index in [4.69, 9.17) is 4.74 Å². The molecule has 0 bridgehead atoms. The van der Waals surface area contributed by atoms with Crippen LogP contribution < -0.4 is 0 Å². The SMILES string of the molecule is COC(C)CCC(O)Cc1ccn(C2CCCC2)n1. The summed E-state index contributed by atoms with van der Waals surface area (Å²) in [5.74, 6) is 0. The summed E-state index contributed by atoms with van der Waals surface area (Å²) in [6.45, 7) is 2.03. The van der Waals surface area contributed by atoms with Crippen LogP contribution in [0.5, 0.6) is 0 Å². The lowest BCUT2D eigenvalue weighted by Gasteiger charge is -2.13. The fourth-order valence-electron chi connectivity index (χ4n) is 2.75. The average molecular weight is 266 g/mol. The zero-order valence-corrected chi connectivity index (χ0v) is 12.1. The summed E-state index contributed by atoms with van der Waals surface area (Å²) in [7, 11) is 1.71. The van der Waals surface area contributed by atoms with Crippen LogP contribution in [0.1, 0.15) is 57.2 Å². The van der Waals surface area contributed by atoms with E-state index in [1.54, 1.807) is 7.11 Å². The van der Waals surface area contributed by atoms with Gasteiger partial charge in [-0.1, -0.05) is 12.8 Å². The summed E-state index contributed by atoms with van der Waals surface area (Å²) in [6.07, 6.45) is 9.40. The first-order chi connectivity index (χ1) is 9.19. The Hall–Kier alpha value is -0.870. The second kappa shape index (κ2) is 7.06. The maximum atomic E-state index is 10.0. The van der Waals surface area contributed by atoms with Crippen LogP contribution in [-0.2, 0) is 11.2 Å². The second-order valence-electron chi connectivity index (χ2n) is 5.71. The lowest BCUT2D eigenvalue weighted by atomic mass is 10.1. The Morgan fingerprint density at radius 1 is 1.42 bits per heavy atom. The first kappa shape index (κ1) is 14.5. The van der Waals surface area contributed by atoms with Gasteiger partial charge in [-0.05, 0) is 38.7 Å². The number of hydrogen-bond acceptors (Lipinski definition) is 3. The summed E-state index contributed by atoms with van der Waals surface area (Å²) >= 11 is 0. The molecule has 1 saturated carbocycles. The monoisotopic (exact) mass is 266 g/mol. The predicted molar refractivity (Wildman–Crippen MR) is 75.1 cm³/mol. The second-order valence-corrected chi connectivity index (χ2v) is 5.71. The van der Waals surface area contributed by atoms with Gasteiger partial charge in [0.05, 0.1) is 23.9 Å². The molecule has 2 unspecified atom stereocenters. The molecule has 1 N–H and O–H groups in total. The van der Waals surface area contributed by atoms with E-state index in [9.17, 15) is 5.11 Å². The summed E-state index contributed by atoms with van der Waals surface area (Å²) in [5, 5.41) is 14.6. The van der Waals surface area contributed by atoms with Crippen LogP contribution in [0.4, 0.5) is 0 Å². The zero-order valence-electron chi connectivity index (χ0n) is 12.1. The van der Waals surface area contributed by atoms with Crippen LogP contribution >= 0.6 is 0 Å². The molecule has 108 valence electrons. The minimum Gasteiger partial charge on any atom is -0.393 e. The number of methoxy groups -OCH3 is 1. The largest absolute Gasteiger partial charge is 0.393 e. The standard InChI is InChI=1S/C15H26N2O2/c1-12(19-2)7-8-15(18)11-13-9-10-17(16-13)14-5-3-4-6-14/h9-10,12,14-15,18H,3-8,11H2,1-2H3. The molecule has 0 aromatic carbocycles. The third kappa shape index (κ3) is 4.32.